The third-order valence-corrected chi connectivity index (χ3v) is 4.87. The van der Waals surface area contributed by atoms with E-state index in [0.29, 0.717) is 13.0 Å². The zero-order valence-corrected chi connectivity index (χ0v) is 14.9. The van der Waals surface area contributed by atoms with Crippen LogP contribution < -0.4 is 0 Å². The van der Waals surface area contributed by atoms with Gasteiger partial charge in [-0.1, -0.05) is 55.1 Å². The smallest absolute Gasteiger partial charge is 0.291 e. The van der Waals surface area contributed by atoms with E-state index >= 15 is 0 Å². The van der Waals surface area contributed by atoms with Crippen LogP contribution in [0.5, 0.6) is 0 Å². The molecule has 25 heavy (non-hydrogen) atoms. The van der Waals surface area contributed by atoms with E-state index in [9.17, 15) is 9.59 Å². The lowest BCUT2D eigenvalue weighted by Gasteiger charge is -2.26. The fraction of sp³-hybridized carbons (Fsp3) is 0.316. The van der Waals surface area contributed by atoms with Gasteiger partial charge in [0, 0.05) is 23.9 Å². The largest absolute Gasteiger partial charge is 0.353 e. The lowest BCUT2D eigenvalue weighted by molar-refractivity contribution is -0.135. The van der Waals surface area contributed by atoms with Crippen molar-refractivity contribution < 1.29 is 14.3 Å². The Morgan fingerprint density at radius 2 is 2.00 bits per heavy atom. The predicted molar refractivity (Wildman–Crippen MR) is 97.2 cm³/mol. The van der Waals surface area contributed by atoms with Crippen molar-refractivity contribution in [2.75, 3.05) is 12.4 Å². The molecule has 1 unspecified atom stereocenters. The minimum absolute atomic E-state index is 0.172. The first-order chi connectivity index (χ1) is 12.2. The number of imide groups is 1. The van der Waals surface area contributed by atoms with Crippen LogP contribution >= 0.6 is 11.8 Å². The third kappa shape index (κ3) is 4.27. The summed E-state index contributed by atoms with van der Waals surface area (Å²) in [5.41, 5.74) is 2.91. The number of ether oxygens (including phenoxy) is 1. The maximum absolute atomic E-state index is 12.1. The van der Waals surface area contributed by atoms with Crippen molar-refractivity contribution in [2.24, 2.45) is 0 Å². The minimum Gasteiger partial charge on any atom is -0.353 e. The van der Waals surface area contributed by atoms with Crippen LogP contribution in [0.3, 0.4) is 0 Å². The Kier molecular flexibility index (Phi) is 5.83. The molecule has 0 saturated carbocycles. The number of pyridine rings is 1. The summed E-state index contributed by atoms with van der Waals surface area (Å²) in [5, 5.41) is -0.260. The predicted octanol–water partition coefficient (Wildman–Crippen LogP) is 3.60. The van der Waals surface area contributed by atoms with Gasteiger partial charge in [0.2, 0.25) is 5.91 Å². The zero-order chi connectivity index (χ0) is 17.6. The summed E-state index contributed by atoms with van der Waals surface area (Å²) in [6.07, 6.45) is 2.76. The standard InChI is InChI=1S/C19H20N2O3S/c1-2-14-8-9-16(20-12-14)10-11-24-18(15-6-4-3-5-7-15)21-17(22)13-25-19(21)23/h3-9,12,18H,2,10-11,13H2,1H3. The van der Waals surface area contributed by atoms with Crippen LogP contribution in [-0.4, -0.2) is 33.4 Å². The van der Waals surface area contributed by atoms with Crippen LogP contribution in [0.15, 0.2) is 48.7 Å². The van der Waals surface area contributed by atoms with E-state index < -0.39 is 6.23 Å². The molecule has 0 aliphatic carbocycles. The second kappa shape index (κ2) is 8.27. The van der Waals surface area contributed by atoms with Gasteiger partial charge in [-0.15, -0.1) is 0 Å². The topological polar surface area (TPSA) is 59.5 Å². The Labute approximate surface area is 151 Å². The number of hydrogen-bond acceptors (Lipinski definition) is 5. The summed E-state index contributed by atoms with van der Waals surface area (Å²) < 4.78 is 5.94. The number of aromatic nitrogens is 1. The van der Waals surface area contributed by atoms with Crippen LogP contribution in [0.2, 0.25) is 0 Å². The molecular formula is C19H20N2O3S. The SMILES string of the molecule is CCc1ccc(CCOC(c2ccccc2)N2C(=O)CSC2=O)nc1. The van der Waals surface area contributed by atoms with Crippen molar-refractivity contribution in [3.8, 4) is 0 Å². The van der Waals surface area contributed by atoms with Gasteiger partial charge < -0.3 is 4.74 Å². The fourth-order valence-electron chi connectivity index (χ4n) is 2.62. The van der Waals surface area contributed by atoms with Crippen molar-refractivity contribution in [3.63, 3.8) is 0 Å². The van der Waals surface area contributed by atoms with E-state index in [1.165, 1.54) is 10.5 Å². The van der Waals surface area contributed by atoms with Gasteiger partial charge in [-0.3, -0.25) is 14.6 Å². The van der Waals surface area contributed by atoms with Crippen LogP contribution in [0.25, 0.3) is 0 Å². The highest BCUT2D eigenvalue weighted by Gasteiger charge is 2.37. The molecule has 1 fully saturated rings. The molecule has 130 valence electrons. The van der Waals surface area contributed by atoms with E-state index in [1.807, 2.05) is 42.6 Å². The molecule has 6 heteroatoms. The number of aryl methyl sites for hydroxylation is 1. The van der Waals surface area contributed by atoms with Gasteiger partial charge in [0.25, 0.3) is 5.24 Å². The highest BCUT2D eigenvalue weighted by atomic mass is 32.2. The summed E-state index contributed by atoms with van der Waals surface area (Å²) in [6, 6.07) is 13.4. The third-order valence-electron chi connectivity index (χ3n) is 4.03. The Morgan fingerprint density at radius 3 is 2.60 bits per heavy atom. The summed E-state index contributed by atoms with van der Waals surface area (Å²) in [7, 11) is 0. The molecule has 1 aliphatic rings. The number of hydrogen-bond donors (Lipinski definition) is 0. The average Bonchev–Trinajstić information content (AvgIpc) is 2.99. The lowest BCUT2D eigenvalue weighted by atomic mass is 10.2. The highest BCUT2D eigenvalue weighted by Crippen LogP contribution is 2.31. The quantitative estimate of drug-likeness (QED) is 0.759. The molecule has 3 rings (SSSR count). The fourth-order valence-corrected chi connectivity index (χ4v) is 3.34. The summed E-state index contributed by atoms with van der Waals surface area (Å²) in [4.78, 5) is 29.8. The maximum Gasteiger partial charge on any atom is 0.291 e. The Morgan fingerprint density at radius 1 is 1.20 bits per heavy atom. The molecule has 0 bridgehead atoms. The number of nitrogens with zero attached hydrogens (tertiary/aromatic N) is 2. The summed E-state index contributed by atoms with van der Waals surface area (Å²) in [6.45, 7) is 2.46. The van der Waals surface area contributed by atoms with Crippen LogP contribution in [-0.2, 0) is 22.4 Å². The van der Waals surface area contributed by atoms with Crippen LogP contribution in [0, 0.1) is 0 Å². The van der Waals surface area contributed by atoms with E-state index in [0.717, 1.165) is 29.4 Å². The lowest BCUT2D eigenvalue weighted by Crippen LogP contribution is -2.35. The van der Waals surface area contributed by atoms with Gasteiger partial charge in [0.15, 0.2) is 6.23 Å². The molecule has 0 N–H and O–H groups in total. The van der Waals surface area contributed by atoms with Crippen molar-refractivity contribution in [1.29, 1.82) is 0 Å². The second-order valence-electron chi connectivity index (χ2n) is 5.71. The Bertz CT molecular complexity index is 718. The van der Waals surface area contributed by atoms with E-state index in [2.05, 4.69) is 18.0 Å². The molecule has 1 aromatic carbocycles. The van der Waals surface area contributed by atoms with Gasteiger partial charge in [-0.25, -0.2) is 4.90 Å². The van der Waals surface area contributed by atoms with Crippen molar-refractivity contribution in [2.45, 2.75) is 26.0 Å². The molecule has 1 atom stereocenters. The minimum atomic E-state index is -0.689. The number of thioether (sulfide) groups is 1. The first kappa shape index (κ1) is 17.6. The van der Waals surface area contributed by atoms with Gasteiger partial charge in [-0.05, 0) is 18.1 Å². The van der Waals surface area contributed by atoms with Gasteiger partial charge in [0.05, 0.1) is 12.4 Å². The van der Waals surface area contributed by atoms with Crippen LogP contribution in [0.4, 0.5) is 4.79 Å². The molecule has 1 aliphatic heterocycles. The zero-order valence-electron chi connectivity index (χ0n) is 14.1. The van der Waals surface area contributed by atoms with E-state index in [-0.39, 0.29) is 16.9 Å². The average molecular weight is 356 g/mol. The molecule has 1 aromatic heterocycles. The normalized spacial score (nSPS) is 15.6. The maximum atomic E-state index is 12.1. The Hall–Kier alpha value is -2.18. The molecule has 2 aromatic rings. The summed E-state index contributed by atoms with van der Waals surface area (Å²) >= 11 is 1.02. The molecule has 1 saturated heterocycles. The van der Waals surface area contributed by atoms with E-state index in [4.69, 9.17) is 4.74 Å². The highest BCUT2D eigenvalue weighted by molar-refractivity contribution is 8.14. The molecule has 2 heterocycles. The summed E-state index contributed by atoms with van der Waals surface area (Å²) in [5.74, 6) is -0.0414. The Balaban J connectivity index is 1.69. The van der Waals surface area contributed by atoms with Crippen molar-refractivity contribution >= 4 is 22.9 Å². The van der Waals surface area contributed by atoms with Gasteiger partial charge >= 0.3 is 0 Å². The molecular weight excluding hydrogens is 336 g/mol. The second-order valence-corrected chi connectivity index (χ2v) is 6.64. The molecule has 0 radical (unpaired) electrons. The number of rotatable bonds is 7. The molecule has 2 amide bonds. The number of carbonyl (C=O) groups is 2. The van der Waals surface area contributed by atoms with E-state index in [1.54, 1.807) is 0 Å². The van der Waals surface area contributed by atoms with Gasteiger partial charge in [0.1, 0.15) is 0 Å². The number of carbonyl (C=O) groups excluding carboxylic acids is 2. The first-order valence-corrected chi connectivity index (χ1v) is 9.26. The molecule has 5 nitrogen and oxygen atoms in total. The van der Waals surface area contributed by atoms with Crippen molar-refractivity contribution in [3.05, 3.63) is 65.5 Å². The van der Waals surface area contributed by atoms with Crippen LogP contribution in [0.1, 0.15) is 30.0 Å². The van der Waals surface area contributed by atoms with Crippen molar-refractivity contribution in [1.82, 2.24) is 9.88 Å². The number of benzene rings is 1. The van der Waals surface area contributed by atoms with Gasteiger partial charge in [-0.2, -0.15) is 0 Å². The first-order valence-electron chi connectivity index (χ1n) is 8.28. The molecule has 0 spiro atoms. The number of amides is 2. The monoisotopic (exact) mass is 356 g/mol.